The summed E-state index contributed by atoms with van der Waals surface area (Å²) in [5.74, 6) is 0.972. The monoisotopic (exact) mass is 290 g/mol. The summed E-state index contributed by atoms with van der Waals surface area (Å²) in [6, 6.07) is 8.82. The first-order valence-corrected chi connectivity index (χ1v) is 8.52. The molecule has 1 unspecified atom stereocenters. The highest BCUT2D eigenvalue weighted by atomic mass is 16.5. The summed E-state index contributed by atoms with van der Waals surface area (Å²) < 4.78 is 5.76. The van der Waals surface area contributed by atoms with Gasteiger partial charge in [0.05, 0.1) is 6.61 Å². The van der Waals surface area contributed by atoms with Crippen LogP contribution >= 0.6 is 0 Å². The van der Waals surface area contributed by atoms with E-state index in [4.69, 9.17) is 10.5 Å². The van der Waals surface area contributed by atoms with E-state index in [0.29, 0.717) is 12.6 Å². The first-order chi connectivity index (χ1) is 10.3. The molecule has 1 aromatic rings. The largest absolute Gasteiger partial charge is 0.494 e. The molecule has 1 heterocycles. The molecule has 2 rings (SSSR count). The summed E-state index contributed by atoms with van der Waals surface area (Å²) in [6.45, 7) is 5.92. The van der Waals surface area contributed by atoms with Crippen molar-refractivity contribution in [1.29, 1.82) is 0 Å². The molecule has 1 fully saturated rings. The molecule has 3 heteroatoms. The maximum Gasteiger partial charge on any atom is 0.119 e. The van der Waals surface area contributed by atoms with Gasteiger partial charge in [0, 0.05) is 12.6 Å². The Bertz CT molecular complexity index is 400. The molecule has 21 heavy (non-hydrogen) atoms. The summed E-state index contributed by atoms with van der Waals surface area (Å²) in [7, 11) is 0. The van der Waals surface area contributed by atoms with Gasteiger partial charge in [-0.05, 0) is 50.0 Å². The number of rotatable bonds is 6. The zero-order valence-corrected chi connectivity index (χ0v) is 13.4. The van der Waals surface area contributed by atoms with Crippen LogP contribution in [0.3, 0.4) is 0 Å². The van der Waals surface area contributed by atoms with Gasteiger partial charge in [0.25, 0.3) is 0 Å². The SMILES string of the molecule is CCCOc1cccc(C(CN)N2CCCCCCC2)c1. The van der Waals surface area contributed by atoms with Gasteiger partial charge in [-0.1, -0.05) is 38.3 Å². The average Bonchev–Trinajstić information content (AvgIpc) is 2.48. The Labute approximate surface area is 129 Å². The highest BCUT2D eigenvalue weighted by Crippen LogP contribution is 2.26. The van der Waals surface area contributed by atoms with Crippen molar-refractivity contribution in [3.05, 3.63) is 29.8 Å². The van der Waals surface area contributed by atoms with Crippen molar-refractivity contribution in [2.75, 3.05) is 26.2 Å². The number of nitrogens with zero attached hydrogens (tertiary/aromatic N) is 1. The van der Waals surface area contributed by atoms with Crippen LogP contribution in [0.1, 0.15) is 57.1 Å². The molecule has 2 N–H and O–H groups in total. The number of hydrogen-bond donors (Lipinski definition) is 1. The van der Waals surface area contributed by atoms with Gasteiger partial charge >= 0.3 is 0 Å². The van der Waals surface area contributed by atoms with E-state index in [1.165, 1.54) is 50.8 Å². The molecular weight excluding hydrogens is 260 g/mol. The Morgan fingerprint density at radius 3 is 2.52 bits per heavy atom. The van der Waals surface area contributed by atoms with Crippen LogP contribution in [-0.2, 0) is 0 Å². The molecule has 118 valence electrons. The molecule has 0 amide bonds. The quantitative estimate of drug-likeness (QED) is 0.867. The van der Waals surface area contributed by atoms with Crippen molar-refractivity contribution in [2.45, 2.75) is 51.5 Å². The van der Waals surface area contributed by atoms with E-state index in [2.05, 4.69) is 30.0 Å². The minimum Gasteiger partial charge on any atom is -0.494 e. The minimum atomic E-state index is 0.327. The van der Waals surface area contributed by atoms with E-state index in [1.54, 1.807) is 0 Å². The molecule has 1 aromatic carbocycles. The second kappa shape index (κ2) is 9.06. The van der Waals surface area contributed by atoms with Crippen LogP contribution in [0.4, 0.5) is 0 Å². The Morgan fingerprint density at radius 2 is 1.86 bits per heavy atom. The van der Waals surface area contributed by atoms with E-state index in [9.17, 15) is 0 Å². The van der Waals surface area contributed by atoms with E-state index >= 15 is 0 Å². The molecule has 1 aliphatic rings. The van der Waals surface area contributed by atoms with Gasteiger partial charge in [0.2, 0.25) is 0 Å². The molecule has 0 aliphatic carbocycles. The molecule has 0 aromatic heterocycles. The standard InChI is InChI=1S/C18H30N2O/c1-2-13-21-17-10-8-9-16(14-17)18(15-19)20-11-6-4-3-5-7-12-20/h8-10,14,18H,2-7,11-13,15,19H2,1H3. The second-order valence-corrected chi connectivity index (χ2v) is 5.98. The van der Waals surface area contributed by atoms with Crippen LogP contribution in [0.15, 0.2) is 24.3 Å². The number of hydrogen-bond acceptors (Lipinski definition) is 3. The smallest absolute Gasteiger partial charge is 0.119 e. The van der Waals surface area contributed by atoms with Gasteiger partial charge in [0.1, 0.15) is 5.75 Å². The Morgan fingerprint density at radius 1 is 1.14 bits per heavy atom. The second-order valence-electron chi connectivity index (χ2n) is 5.98. The van der Waals surface area contributed by atoms with Crippen molar-refractivity contribution in [3.63, 3.8) is 0 Å². The van der Waals surface area contributed by atoms with Crippen LogP contribution in [-0.4, -0.2) is 31.1 Å². The minimum absolute atomic E-state index is 0.327. The molecule has 1 aliphatic heterocycles. The summed E-state index contributed by atoms with van der Waals surface area (Å²) in [6.07, 6.45) is 7.73. The topological polar surface area (TPSA) is 38.5 Å². The Balaban J connectivity index is 2.07. The van der Waals surface area contributed by atoms with Crippen LogP contribution < -0.4 is 10.5 Å². The maximum absolute atomic E-state index is 6.09. The summed E-state index contributed by atoms with van der Waals surface area (Å²) >= 11 is 0. The molecule has 0 radical (unpaired) electrons. The summed E-state index contributed by atoms with van der Waals surface area (Å²) in [5.41, 5.74) is 7.39. The number of ether oxygens (including phenoxy) is 1. The Kier molecular flexibility index (Phi) is 7.04. The van der Waals surface area contributed by atoms with Gasteiger partial charge in [-0.15, -0.1) is 0 Å². The van der Waals surface area contributed by atoms with Crippen molar-refractivity contribution in [1.82, 2.24) is 4.90 Å². The highest BCUT2D eigenvalue weighted by molar-refractivity contribution is 5.31. The zero-order chi connectivity index (χ0) is 14.9. The summed E-state index contributed by atoms with van der Waals surface area (Å²) in [5, 5.41) is 0. The van der Waals surface area contributed by atoms with Crippen molar-refractivity contribution >= 4 is 0 Å². The third kappa shape index (κ3) is 5.01. The zero-order valence-electron chi connectivity index (χ0n) is 13.4. The van der Waals surface area contributed by atoms with E-state index in [0.717, 1.165) is 18.8 Å². The number of nitrogens with two attached hydrogens (primary N) is 1. The molecular formula is C18H30N2O. The third-order valence-corrected chi connectivity index (χ3v) is 4.27. The first kappa shape index (κ1) is 16.3. The maximum atomic E-state index is 6.09. The van der Waals surface area contributed by atoms with Crippen LogP contribution in [0, 0.1) is 0 Å². The number of benzene rings is 1. The van der Waals surface area contributed by atoms with E-state index in [-0.39, 0.29) is 0 Å². The molecule has 0 saturated carbocycles. The van der Waals surface area contributed by atoms with Gasteiger partial charge < -0.3 is 10.5 Å². The lowest BCUT2D eigenvalue weighted by Gasteiger charge is -2.32. The van der Waals surface area contributed by atoms with E-state index in [1.807, 2.05) is 6.07 Å². The van der Waals surface area contributed by atoms with Gasteiger partial charge in [-0.2, -0.15) is 0 Å². The lowest BCUT2D eigenvalue weighted by Crippen LogP contribution is -2.36. The molecule has 3 nitrogen and oxygen atoms in total. The van der Waals surface area contributed by atoms with Crippen molar-refractivity contribution in [2.24, 2.45) is 5.73 Å². The highest BCUT2D eigenvalue weighted by Gasteiger charge is 2.20. The van der Waals surface area contributed by atoms with Gasteiger partial charge in [-0.3, -0.25) is 4.90 Å². The van der Waals surface area contributed by atoms with Crippen LogP contribution in [0.2, 0.25) is 0 Å². The van der Waals surface area contributed by atoms with Gasteiger partial charge in [-0.25, -0.2) is 0 Å². The van der Waals surface area contributed by atoms with Crippen LogP contribution in [0.5, 0.6) is 5.75 Å². The fourth-order valence-corrected chi connectivity index (χ4v) is 3.11. The van der Waals surface area contributed by atoms with Crippen molar-refractivity contribution < 1.29 is 4.74 Å². The lowest BCUT2D eigenvalue weighted by atomic mass is 10.0. The fourth-order valence-electron chi connectivity index (χ4n) is 3.11. The molecule has 1 saturated heterocycles. The third-order valence-electron chi connectivity index (χ3n) is 4.27. The Hall–Kier alpha value is -1.06. The predicted octanol–water partition coefficient (Wildman–Crippen LogP) is 3.74. The summed E-state index contributed by atoms with van der Waals surface area (Å²) in [4.78, 5) is 2.57. The molecule has 0 bridgehead atoms. The number of likely N-dealkylation sites (tertiary alicyclic amines) is 1. The lowest BCUT2D eigenvalue weighted by molar-refractivity contribution is 0.183. The normalized spacial score (nSPS) is 18.8. The average molecular weight is 290 g/mol. The predicted molar refractivity (Wildman–Crippen MR) is 88.7 cm³/mol. The van der Waals surface area contributed by atoms with Gasteiger partial charge in [0.15, 0.2) is 0 Å². The van der Waals surface area contributed by atoms with E-state index < -0.39 is 0 Å². The fraction of sp³-hybridized carbons (Fsp3) is 0.667. The first-order valence-electron chi connectivity index (χ1n) is 8.52. The molecule has 0 spiro atoms. The van der Waals surface area contributed by atoms with Crippen LogP contribution in [0.25, 0.3) is 0 Å². The molecule has 1 atom stereocenters. The van der Waals surface area contributed by atoms with Crippen molar-refractivity contribution in [3.8, 4) is 5.75 Å².